The molecule has 2 aromatic rings. The van der Waals surface area contributed by atoms with E-state index in [0.717, 1.165) is 30.8 Å². The van der Waals surface area contributed by atoms with E-state index in [0.29, 0.717) is 13.2 Å². The summed E-state index contributed by atoms with van der Waals surface area (Å²) in [5.74, 6) is 0.870. The van der Waals surface area contributed by atoms with Gasteiger partial charge in [-0.15, -0.1) is 0 Å². The van der Waals surface area contributed by atoms with E-state index in [-0.39, 0.29) is 12.0 Å². The number of carbonyl (C=O) groups excluding carboxylic acids is 1. The van der Waals surface area contributed by atoms with Crippen LogP contribution in [0.4, 0.5) is 0 Å². The number of amides is 1. The summed E-state index contributed by atoms with van der Waals surface area (Å²) in [6.07, 6.45) is 5.19. The fraction of sp³-hybridized carbons (Fsp3) is 0.318. The number of fused-ring (bicyclic) bond motifs is 1. The molecule has 2 aromatic carbocycles. The van der Waals surface area contributed by atoms with Gasteiger partial charge in [0.1, 0.15) is 5.75 Å². The van der Waals surface area contributed by atoms with Gasteiger partial charge in [-0.3, -0.25) is 4.79 Å². The zero-order chi connectivity index (χ0) is 18.2. The molecule has 0 bridgehead atoms. The van der Waals surface area contributed by atoms with Crippen molar-refractivity contribution in [2.45, 2.75) is 25.9 Å². The Morgan fingerprint density at radius 2 is 2.12 bits per heavy atom. The van der Waals surface area contributed by atoms with Gasteiger partial charge in [0.2, 0.25) is 5.91 Å². The molecule has 1 unspecified atom stereocenters. The Bertz CT molecular complexity index is 755. The maximum atomic E-state index is 11.9. The molecule has 1 N–H and O–H groups in total. The predicted octanol–water partition coefficient (Wildman–Crippen LogP) is 3.92. The van der Waals surface area contributed by atoms with E-state index in [4.69, 9.17) is 9.47 Å². The number of hydrogen-bond acceptors (Lipinski definition) is 3. The summed E-state index contributed by atoms with van der Waals surface area (Å²) in [6, 6.07) is 16.1. The predicted molar refractivity (Wildman–Crippen MR) is 103 cm³/mol. The molecule has 1 atom stereocenters. The summed E-state index contributed by atoms with van der Waals surface area (Å²) < 4.78 is 11.3. The largest absolute Gasteiger partial charge is 0.493 e. The van der Waals surface area contributed by atoms with Gasteiger partial charge in [0.15, 0.2) is 0 Å². The van der Waals surface area contributed by atoms with Crippen molar-refractivity contribution in [1.29, 1.82) is 0 Å². The van der Waals surface area contributed by atoms with Gasteiger partial charge in [-0.05, 0) is 48.2 Å². The summed E-state index contributed by atoms with van der Waals surface area (Å²) in [5.41, 5.74) is 3.39. The highest BCUT2D eigenvalue weighted by Crippen LogP contribution is 2.26. The second-order valence-electron chi connectivity index (χ2n) is 6.37. The summed E-state index contributed by atoms with van der Waals surface area (Å²) in [6.45, 7) is 4.00. The van der Waals surface area contributed by atoms with Crippen LogP contribution in [0.2, 0.25) is 0 Å². The third kappa shape index (κ3) is 5.20. The lowest BCUT2D eigenvalue weighted by atomic mass is 10.1. The first-order valence-electron chi connectivity index (χ1n) is 9.10. The second-order valence-corrected chi connectivity index (χ2v) is 6.37. The van der Waals surface area contributed by atoms with Crippen LogP contribution in [0.3, 0.4) is 0 Å². The van der Waals surface area contributed by atoms with Crippen molar-refractivity contribution in [3.05, 3.63) is 71.3 Å². The van der Waals surface area contributed by atoms with E-state index >= 15 is 0 Å². The lowest BCUT2D eigenvalue weighted by molar-refractivity contribution is -0.116. The van der Waals surface area contributed by atoms with Crippen LogP contribution in [-0.4, -0.2) is 25.7 Å². The summed E-state index contributed by atoms with van der Waals surface area (Å²) in [7, 11) is 0. The minimum atomic E-state index is -0.0853. The molecule has 3 rings (SSSR count). The highest BCUT2D eigenvalue weighted by molar-refractivity contribution is 5.91. The number of nitrogens with one attached hydrogen (secondary N) is 1. The fourth-order valence-corrected chi connectivity index (χ4v) is 2.91. The number of hydrogen-bond donors (Lipinski definition) is 1. The van der Waals surface area contributed by atoms with Gasteiger partial charge in [0, 0.05) is 25.6 Å². The Hall–Kier alpha value is -2.59. The Balaban J connectivity index is 1.34. The standard InChI is InChI=1S/C22H25NO3/c1-17(19-6-3-2-4-7-19)25-14-5-13-23-22(24)11-9-18-8-10-21-20(16-18)12-15-26-21/h2-4,6-11,16-17H,5,12-15H2,1H3,(H,23,24)/b11-9+. The molecule has 1 aliphatic rings. The van der Waals surface area contributed by atoms with Gasteiger partial charge in [0.05, 0.1) is 12.7 Å². The fourth-order valence-electron chi connectivity index (χ4n) is 2.91. The Labute approximate surface area is 154 Å². The van der Waals surface area contributed by atoms with Crippen molar-refractivity contribution < 1.29 is 14.3 Å². The third-order valence-electron chi connectivity index (χ3n) is 4.40. The van der Waals surface area contributed by atoms with Gasteiger partial charge >= 0.3 is 0 Å². The van der Waals surface area contributed by atoms with Crippen LogP contribution in [0.25, 0.3) is 6.08 Å². The molecule has 4 nitrogen and oxygen atoms in total. The molecule has 0 spiro atoms. The maximum absolute atomic E-state index is 11.9. The number of carbonyl (C=O) groups is 1. The zero-order valence-corrected chi connectivity index (χ0v) is 15.1. The van der Waals surface area contributed by atoms with E-state index in [1.165, 1.54) is 11.1 Å². The van der Waals surface area contributed by atoms with Gasteiger partial charge in [-0.2, -0.15) is 0 Å². The van der Waals surface area contributed by atoms with Crippen molar-refractivity contribution in [2.75, 3.05) is 19.8 Å². The average molecular weight is 351 g/mol. The molecule has 0 saturated carbocycles. The van der Waals surface area contributed by atoms with Gasteiger partial charge < -0.3 is 14.8 Å². The summed E-state index contributed by atoms with van der Waals surface area (Å²) in [4.78, 5) is 11.9. The molecule has 136 valence electrons. The molecule has 1 heterocycles. The third-order valence-corrected chi connectivity index (χ3v) is 4.40. The monoisotopic (exact) mass is 351 g/mol. The quantitative estimate of drug-likeness (QED) is 0.579. The van der Waals surface area contributed by atoms with Crippen LogP contribution in [0.1, 0.15) is 36.1 Å². The van der Waals surface area contributed by atoms with E-state index in [9.17, 15) is 4.79 Å². The van der Waals surface area contributed by atoms with Crippen molar-refractivity contribution in [3.8, 4) is 5.75 Å². The highest BCUT2D eigenvalue weighted by Gasteiger charge is 2.11. The second kappa shape index (κ2) is 9.20. The van der Waals surface area contributed by atoms with E-state index in [2.05, 4.69) is 23.5 Å². The van der Waals surface area contributed by atoms with Crippen molar-refractivity contribution in [1.82, 2.24) is 5.32 Å². The first-order valence-corrected chi connectivity index (χ1v) is 9.10. The maximum Gasteiger partial charge on any atom is 0.244 e. The lowest BCUT2D eigenvalue weighted by Crippen LogP contribution is -2.23. The molecule has 0 fully saturated rings. The first kappa shape index (κ1) is 18.2. The molecule has 1 amide bonds. The van der Waals surface area contributed by atoms with Gasteiger partial charge in [-0.25, -0.2) is 0 Å². The minimum absolute atomic E-state index is 0.0654. The van der Waals surface area contributed by atoms with Gasteiger partial charge in [0.25, 0.3) is 0 Å². The molecular weight excluding hydrogens is 326 g/mol. The van der Waals surface area contributed by atoms with Crippen LogP contribution in [0.15, 0.2) is 54.6 Å². The minimum Gasteiger partial charge on any atom is -0.493 e. The van der Waals surface area contributed by atoms with Crippen molar-refractivity contribution >= 4 is 12.0 Å². The normalized spacial score (nSPS) is 14.0. The Kier molecular flexibility index (Phi) is 6.45. The van der Waals surface area contributed by atoms with Gasteiger partial charge in [-0.1, -0.05) is 36.4 Å². The summed E-state index contributed by atoms with van der Waals surface area (Å²) >= 11 is 0. The zero-order valence-electron chi connectivity index (χ0n) is 15.1. The molecule has 4 heteroatoms. The average Bonchev–Trinajstić information content (AvgIpc) is 3.14. The smallest absolute Gasteiger partial charge is 0.244 e. The SMILES string of the molecule is CC(OCCCNC(=O)/C=C/c1ccc2c(c1)CCO2)c1ccccc1. The van der Waals surface area contributed by atoms with Crippen LogP contribution in [0, 0.1) is 0 Å². The molecular formula is C22H25NO3. The van der Waals surface area contributed by atoms with Crippen LogP contribution >= 0.6 is 0 Å². The number of benzene rings is 2. The van der Waals surface area contributed by atoms with Crippen molar-refractivity contribution in [2.24, 2.45) is 0 Å². The van der Waals surface area contributed by atoms with E-state index in [1.807, 2.05) is 43.3 Å². The molecule has 1 aliphatic heterocycles. The van der Waals surface area contributed by atoms with E-state index < -0.39 is 0 Å². The molecule has 0 aliphatic carbocycles. The van der Waals surface area contributed by atoms with Crippen molar-refractivity contribution in [3.63, 3.8) is 0 Å². The lowest BCUT2D eigenvalue weighted by Gasteiger charge is -2.13. The van der Waals surface area contributed by atoms with E-state index in [1.54, 1.807) is 6.08 Å². The molecule has 0 radical (unpaired) electrons. The molecule has 0 saturated heterocycles. The number of rotatable bonds is 8. The number of ether oxygens (including phenoxy) is 2. The Morgan fingerprint density at radius 3 is 2.96 bits per heavy atom. The van der Waals surface area contributed by atoms with Crippen LogP contribution in [-0.2, 0) is 16.0 Å². The van der Waals surface area contributed by atoms with Crippen LogP contribution in [0.5, 0.6) is 5.75 Å². The first-order chi connectivity index (χ1) is 12.7. The molecule has 26 heavy (non-hydrogen) atoms. The highest BCUT2D eigenvalue weighted by atomic mass is 16.5. The Morgan fingerprint density at radius 1 is 1.27 bits per heavy atom. The topological polar surface area (TPSA) is 47.6 Å². The van der Waals surface area contributed by atoms with Crippen LogP contribution < -0.4 is 10.1 Å². The molecule has 0 aromatic heterocycles. The summed E-state index contributed by atoms with van der Waals surface area (Å²) in [5, 5.41) is 2.89.